The van der Waals surface area contributed by atoms with Gasteiger partial charge in [0, 0.05) is 18.2 Å². The lowest BCUT2D eigenvalue weighted by atomic mass is 10.1. The van der Waals surface area contributed by atoms with E-state index in [0.29, 0.717) is 12.5 Å². The zero-order valence-electron chi connectivity index (χ0n) is 13.2. The maximum absolute atomic E-state index is 13.5. The van der Waals surface area contributed by atoms with Crippen molar-refractivity contribution in [1.82, 2.24) is 5.32 Å². The summed E-state index contributed by atoms with van der Waals surface area (Å²) >= 11 is 0. The molecule has 0 aliphatic carbocycles. The summed E-state index contributed by atoms with van der Waals surface area (Å²) in [6.07, 6.45) is 2.68. The van der Waals surface area contributed by atoms with Gasteiger partial charge in [0.1, 0.15) is 17.2 Å². The van der Waals surface area contributed by atoms with Gasteiger partial charge in [-0.1, -0.05) is 12.2 Å². The summed E-state index contributed by atoms with van der Waals surface area (Å²) in [6, 6.07) is 1.45. The first-order valence-corrected chi connectivity index (χ1v) is 6.96. The molecule has 0 saturated heterocycles. The highest BCUT2D eigenvalue weighted by Crippen LogP contribution is 2.16. The highest BCUT2D eigenvalue weighted by molar-refractivity contribution is 5.88. The van der Waals surface area contributed by atoms with Gasteiger partial charge < -0.3 is 15.2 Å². The predicted molar refractivity (Wildman–Crippen MR) is 81.2 cm³/mol. The molecule has 5 nitrogen and oxygen atoms in total. The fourth-order valence-corrected chi connectivity index (χ4v) is 1.64. The molecule has 1 rings (SSSR count). The van der Waals surface area contributed by atoms with E-state index in [2.05, 4.69) is 5.32 Å². The van der Waals surface area contributed by atoms with E-state index in [9.17, 15) is 18.4 Å². The second kappa shape index (κ2) is 7.71. The second-order valence-corrected chi connectivity index (χ2v) is 5.78. The summed E-state index contributed by atoms with van der Waals surface area (Å²) < 4.78 is 31.8. The van der Waals surface area contributed by atoms with Crippen molar-refractivity contribution in [3.05, 3.63) is 41.0 Å². The van der Waals surface area contributed by atoms with Gasteiger partial charge in [-0.2, -0.15) is 0 Å². The van der Waals surface area contributed by atoms with E-state index in [1.54, 1.807) is 26.8 Å². The Kier molecular flexibility index (Phi) is 6.24. The normalized spacial score (nSPS) is 11.5. The first kappa shape index (κ1) is 18.6. The third kappa shape index (κ3) is 6.46. The van der Waals surface area contributed by atoms with Crippen LogP contribution in [0.25, 0.3) is 6.08 Å². The smallest absolute Gasteiger partial charge is 0.407 e. The van der Waals surface area contributed by atoms with Gasteiger partial charge in [0.05, 0.1) is 5.56 Å². The molecule has 0 spiro atoms. The quantitative estimate of drug-likeness (QED) is 0.810. The number of benzene rings is 1. The average molecular weight is 327 g/mol. The molecule has 0 heterocycles. The standard InChI is InChI=1S/C16H19F2NO4/c1-16(2,3)23-15(22)19-7-5-4-6-10-8-11(14(20)21)13(18)9-12(10)17/h4,6,8-9H,5,7H2,1-3H3,(H,19,22)(H,20,21). The number of carboxylic acids is 1. The van der Waals surface area contributed by atoms with Crippen molar-refractivity contribution in [3.8, 4) is 0 Å². The largest absolute Gasteiger partial charge is 0.478 e. The molecule has 0 atom stereocenters. The average Bonchev–Trinajstić information content (AvgIpc) is 2.38. The van der Waals surface area contributed by atoms with Crippen molar-refractivity contribution in [2.45, 2.75) is 32.8 Å². The SMILES string of the molecule is CC(C)(C)OC(=O)NCCC=Cc1cc(C(=O)O)c(F)cc1F. The number of carbonyl (C=O) groups is 2. The number of halogens is 2. The molecule has 0 bridgehead atoms. The van der Waals surface area contributed by atoms with Crippen molar-refractivity contribution in [2.75, 3.05) is 6.54 Å². The van der Waals surface area contributed by atoms with Crippen molar-refractivity contribution < 1.29 is 28.2 Å². The Morgan fingerprint density at radius 3 is 2.48 bits per heavy atom. The highest BCUT2D eigenvalue weighted by atomic mass is 19.1. The second-order valence-electron chi connectivity index (χ2n) is 5.78. The molecule has 1 aromatic rings. The Morgan fingerprint density at radius 1 is 1.26 bits per heavy atom. The summed E-state index contributed by atoms with van der Waals surface area (Å²) in [5, 5.41) is 11.3. The number of alkyl carbamates (subject to hydrolysis) is 1. The lowest BCUT2D eigenvalue weighted by Gasteiger charge is -2.19. The predicted octanol–water partition coefficient (Wildman–Crippen LogP) is 3.59. The van der Waals surface area contributed by atoms with Crippen molar-refractivity contribution in [3.63, 3.8) is 0 Å². The van der Waals surface area contributed by atoms with Crippen LogP contribution < -0.4 is 5.32 Å². The molecule has 0 aromatic heterocycles. The Bertz CT molecular complexity index is 621. The van der Waals surface area contributed by atoms with Crippen LogP contribution in [0, 0.1) is 11.6 Å². The molecule has 1 amide bonds. The van der Waals surface area contributed by atoms with Crippen LogP contribution in [-0.4, -0.2) is 29.3 Å². The van der Waals surface area contributed by atoms with Crippen LogP contribution in [0.2, 0.25) is 0 Å². The zero-order chi connectivity index (χ0) is 17.6. The molecule has 0 saturated carbocycles. The van der Waals surface area contributed by atoms with Crippen LogP contribution in [-0.2, 0) is 4.74 Å². The Labute approximate surface area is 133 Å². The molecule has 0 aliphatic rings. The molecular weight excluding hydrogens is 308 g/mol. The van der Waals surface area contributed by atoms with E-state index < -0.39 is 34.9 Å². The number of hydrogen-bond acceptors (Lipinski definition) is 3. The van der Waals surface area contributed by atoms with Crippen LogP contribution >= 0.6 is 0 Å². The van der Waals surface area contributed by atoms with Crippen LogP contribution in [0.5, 0.6) is 0 Å². The number of ether oxygens (including phenoxy) is 1. The molecule has 0 fully saturated rings. The van der Waals surface area contributed by atoms with Gasteiger partial charge in [-0.05, 0) is 33.3 Å². The van der Waals surface area contributed by atoms with Gasteiger partial charge in [0.25, 0.3) is 0 Å². The summed E-state index contributed by atoms with van der Waals surface area (Å²) in [5.74, 6) is -3.45. The number of carboxylic acid groups (broad SMARTS) is 1. The minimum Gasteiger partial charge on any atom is -0.478 e. The Hall–Kier alpha value is -2.44. The van der Waals surface area contributed by atoms with Crippen LogP contribution in [0.1, 0.15) is 43.1 Å². The number of nitrogens with one attached hydrogen (secondary N) is 1. The third-order valence-corrected chi connectivity index (χ3v) is 2.59. The molecule has 23 heavy (non-hydrogen) atoms. The van der Waals surface area contributed by atoms with E-state index in [4.69, 9.17) is 9.84 Å². The molecule has 1 aromatic carbocycles. The van der Waals surface area contributed by atoms with Crippen molar-refractivity contribution in [1.29, 1.82) is 0 Å². The summed E-state index contributed by atoms with van der Waals surface area (Å²) in [5.41, 5.74) is -1.23. The maximum Gasteiger partial charge on any atom is 0.407 e. The van der Waals surface area contributed by atoms with Crippen LogP contribution in [0.4, 0.5) is 13.6 Å². The fraction of sp³-hybridized carbons (Fsp3) is 0.375. The topological polar surface area (TPSA) is 75.6 Å². The fourth-order valence-electron chi connectivity index (χ4n) is 1.64. The minimum absolute atomic E-state index is 0.0407. The summed E-state index contributed by atoms with van der Waals surface area (Å²) in [4.78, 5) is 22.2. The van der Waals surface area contributed by atoms with Gasteiger partial charge in [-0.3, -0.25) is 0 Å². The lowest BCUT2D eigenvalue weighted by Crippen LogP contribution is -2.32. The molecule has 2 N–H and O–H groups in total. The first-order chi connectivity index (χ1) is 10.6. The zero-order valence-corrected chi connectivity index (χ0v) is 13.2. The van der Waals surface area contributed by atoms with Crippen LogP contribution in [0.15, 0.2) is 18.2 Å². The summed E-state index contributed by atoms with van der Waals surface area (Å²) in [6.45, 7) is 5.48. The van der Waals surface area contributed by atoms with E-state index in [0.717, 1.165) is 6.07 Å². The molecule has 126 valence electrons. The third-order valence-electron chi connectivity index (χ3n) is 2.59. The maximum atomic E-state index is 13.5. The summed E-state index contributed by atoms with van der Waals surface area (Å²) in [7, 11) is 0. The molecule has 0 unspecified atom stereocenters. The number of hydrogen-bond donors (Lipinski definition) is 2. The van der Waals surface area contributed by atoms with Gasteiger partial charge >= 0.3 is 12.1 Å². The molecule has 7 heteroatoms. The van der Waals surface area contributed by atoms with Crippen molar-refractivity contribution in [2.24, 2.45) is 0 Å². The minimum atomic E-state index is -1.47. The van der Waals surface area contributed by atoms with E-state index in [1.807, 2.05) is 0 Å². The number of rotatable bonds is 5. The van der Waals surface area contributed by atoms with E-state index in [-0.39, 0.29) is 12.1 Å². The van der Waals surface area contributed by atoms with Crippen LogP contribution in [0.3, 0.4) is 0 Å². The van der Waals surface area contributed by atoms with Gasteiger partial charge in [-0.25, -0.2) is 18.4 Å². The Morgan fingerprint density at radius 2 is 1.91 bits per heavy atom. The number of amides is 1. The first-order valence-electron chi connectivity index (χ1n) is 6.96. The molecule has 0 aliphatic heterocycles. The number of aromatic carboxylic acids is 1. The molecule has 0 radical (unpaired) electrons. The van der Waals surface area contributed by atoms with E-state index >= 15 is 0 Å². The van der Waals surface area contributed by atoms with Crippen molar-refractivity contribution >= 4 is 18.1 Å². The Balaban J connectivity index is 2.57. The monoisotopic (exact) mass is 327 g/mol. The lowest BCUT2D eigenvalue weighted by molar-refractivity contribution is 0.0528. The van der Waals surface area contributed by atoms with E-state index in [1.165, 1.54) is 6.08 Å². The number of carbonyl (C=O) groups excluding carboxylic acids is 1. The molecular formula is C16H19F2NO4. The highest BCUT2D eigenvalue weighted by Gasteiger charge is 2.15. The van der Waals surface area contributed by atoms with Gasteiger partial charge in [0.2, 0.25) is 0 Å². The van der Waals surface area contributed by atoms with Gasteiger partial charge in [0.15, 0.2) is 0 Å². The van der Waals surface area contributed by atoms with Gasteiger partial charge in [-0.15, -0.1) is 0 Å².